The van der Waals surface area contributed by atoms with E-state index in [4.69, 9.17) is 0 Å². The van der Waals surface area contributed by atoms with Crippen LogP contribution in [0.3, 0.4) is 0 Å². The second kappa shape index (κ2) is 4.91. The molecular weight excluding hydrogens is 222 g/mol. The average molecular weight is 234 g/mol. The molecule has 0 spiro atoms. The molecule has 1 N–H and O–H groups in total. The van der Waals surface area contributed by atoms with Crippen LogP contribution in [0.4, 0.5) is 14.5 Å². The molecule has 4 heteroatoms. The maximum absolute atomic E-state index is 13.4. The summed E-state index contributed by atoms with van der Waals surface area (Å²) in [6.45, 7) is 1.84. The molecule has 0 aliphatic carbocycles. The normalized spacial score (nSPS) is 12.2. The zero-order valence-corrected chi connectivity index (χ0v) is 9.32. The highest BCUT2D eigenvalue weighted by molar-refractivity contribution is 5.45. The smallest absolute Gasteiger partial charge is 0.146 e. The Hall–Kier alpha value is -1.97. The summed E-state index contributed by atoms with van der Waals surface area (Å²) in [5, 5.41) is 2.99. The first-order valence-electron chi connectivity index (χ1n) is 5.29. The molecule has 1 heterocycles. The van der Waals surface area contributed by atoms with E-state index in [-0.39, 0.29) is 17.7 Å². The van der Waals surface area contributed by atoms with Crippen LogP contribution < -0.4 is 5.32 Å². The number of hydrogen-bond donors (Lipinski definition) is 1. The minimum Gasteiger partial charge on any atom is -0.375 e. The Balaban J connectivity index is 2.14. The zero-order chi connectivity index (χ0) is 12.3. The SMILES string of the molecule is CC(Nc1ccccc1F)c1ccc(F)cn1. The van der Waals surface area contributed by atoms with Gasteiger partial charge in [0.1, 0.15) is 11.6 Å². The predicted molar refractivity (Wildman–Crippen MR) is 62.6 cm³/mol. The Morgan fingerprint density at radius 3 is 2.53 bits per heavy atom. The Labute approximate surface area is 98.3 Å². The molecule has 0 saturated heterocycles. The number of nitrogens with zero attached hydrogens (tertiary/aromatic N) is 1. The van der Waals surface area contributed by atoms with Gasteiger partial charge in [-0.05, 0) is 31.2 Å². The van der Waals surface area contributed by atoms with Gasteiger partial charge in [-0.1, -0.05) is 12.1 Å². The first-order chi connectivity index (χ1) is 8.16. The van der Waals surface area contributed by atoms with Gasteiger partial charge in [0.25, 0.3) is 0 Å². The van der Waals surface area contributed by atoms with Gasteiger partial charge >= 0.3 is 0 Å². The number of anilines is 1. The summed E-state index contributed by atoms with van der Waals surface area (Å²) in [5.41, 5.74) is 1.07. The van der Waals surface area contributed by atoms with Crippen molar-refractivity contribution < 1.29 is 8.78 Å². The molecule has 0 bridgehead atoms. The molecule has 2 rings (SSSR count). The van der Waals surface area contributed by atoms with Gasteiger partial charge in [-0.15, -0.1) is 0 Å². The molecule has 1 aromatic heterocycles. The molecule has 0 fully saturated rings. The number of hydrogen-bond acceptors (Lipinski definition) is 2. The lowest BCUT2D eigenvalue weighted by Crippen LogP contribution is -2.09. The predicted octanol–water partition coefficient (Wildman–Crippen LogP) is 3.53. The van der Waals surface area contributed by atoms with Crippen LogP contribution in [0, 0.1) is 11.6 Å². The van der Waals surface area contributed by atoms with Crippen molar-refractivity contribution in [2.24, 2.45) is 0 Å². The first-order valence-corrected chi connectivity index (χ1v) is 5.29. The Morgan fingerprint density at radius 1 is 1.12 bits per heavy atom. The van der Waals surface area contributed by atoms with E-state index in [2.05, 4.69) is 10.3 Å². The van der Waals surface area contributed by atoms with Crippen molar-refractivity contribution >= 4 is 5.69 Å². The van der Waals surface area contributed by atoms with Crippen LogP contribution in [0.1, 0.15) is 18.7 Å². The van der Waals surface area contributed by atoms with Crippen LogP contribution >= 0.6 is 0 Å². The van der Waals surface area contributed by atoms with E-state index < -0.39 is 0 Å². The number of nitrogens with one attached hydrogen (secondary N) is 1. The van der Waals surface area contributed by atoms with Gasteiger partial charge in [0.05, 0.1) is 23.6 Å². The molecule has 0 aliphatic heterocycles. The van der Waals surface area contributed by atoms with Crippen LogP contribution in [0.5, 0.6) is 0 Å². The summed E-state index contributed by atoms with van der Waals surface area (Å²) in [7, 11) is 0. The van der Waals surface area contributed by atoms with Gasteiger partial charge in [-0.3, -0.25) is 4.98 Å². The van der Waals surface area contributed by atoms with Gasteiger partial charge in [-0.2, -0.15) is 0 Å². The first kappa shape index (κ1) is 11.5. The van der Waals surface area contributed by atoms with Gasteiger partial charge in [0.2, 0.25) is 0 Å². The third-order valence-corrected chi connectivity index (χ3v) is 2.44. The van der Waals surface area contributed by atoms with Gasteiger partial charge in [0, 0.05) is 0 Å². The Kier molecular flexibility index (Phi) is 3.32. The number of para-hydroxylation sites is 1. The number of halogens is 2. The molecule has 88 valence electrons. The minimum absolute atomic E-state index is 0.188. The molecular formula is C13H12F2N2. The quantitative estimate of drug-likeness (QED) is 0.878. The van der Waals surface area contributed by atoms with Crippen LogP contribution in [-0.2, 0) is 0 Å². The highest BCUT2D eigenvalue weighted by Gasteiger charge is 2.09. The highest BCUT2D eigenvalue weighted by atomic mass is 19.1. The third kappa shape index (κ3) is 2.78. The van der Waals surface area contributed by atoms with Crippen LogP contribution in [0.15, 0.2) is 42.6 Å². The monoisotopic (exact) mass is 234 g/mol. The summed E-state index contributed by atoms with van der Waals surface area (Å²) < 4.78 is 26.1. The van der Waals surface area contributed by atoms with Gasteiger partial charge < -0.3 is 5.32 Å². The van der Waals surface area contributed by atoms with Crippen LogP contribution in [0.25, 0.3) is 0 Å². The number of benzene rings is 1. The third-order valence-electron chi connectivity index (χ3n) is 2.44. The molecule has 1 unspecified atom stereocenters. The van der Waals surface area contributed by atoms with E-state index in [1.807, 2.05) is 6.92 Å². The molecule has 0 radical (unpaired) electrons. The molecule has 1 atom stereocenters. The fourth-order valence-electron chi connectivity index (χ4n) is 1.53. The fraction of sp³-hybridized carbons (Fsp3) is 0.154. The lowest BCUT2D eigenvalue weighted by atomic mass is 10.2. The standard InChI is InChI=1S/C13H12F2N2/c1-9(12-7-6-10(14)8-16-12)17-13-5-3-2-4-11(13)15/h2-9,17H,1H3. The van der Waals surface area contributed by atoms with Crippen molar-refractivity contribution in [3.8, 4) is 0 Å². The summed E-state index contributed by atoms with van der Waals surface area (Å²) in [6.07, 6.45) is 1.15. The van der Waals surface area contributed by atoms with E-state index in [0.29, 0.717) is 11.4 Å². The molecule has 1 aromatic carbocycles. The van der Waals surface area contributed by atoms with Crippen molar-refractivity contribution in [2.75, 3.05) is 5.32 Å². The van der Waals surface area contributed by atoms with E-state index in [9.17, 15) is 8.78 Å². The second-order valence-corrected chi connectivity index (χ2v) is 3.75. The summed E-state index contributed by atoms with van der Waals surface area (Å²) in [6, 6.07) is 9.13. The van der Waals surface area contributed by atoms with Crippen molar-refractivity contribution in [1.29, 1.82) is 0 Å². The lowest BCUT2D eigenvalue weighted by Gasteiger charge is -2.15. The average Bonchev–Trinajstić information content (AvgIpc) is 2.33. The lowest BCUT2D eigenvalue weighted by molar-refractivity contribution is 0.615. The Morgan fingerprint density at radius 2 is 1.88 bits per heavy atom. The molecule has 17 heavy (non-hydrogen) atoms. The topological polar surface area (TPSA) is 24.9 Å². The molecule has 2 aromatic rings. The molecule has 2 nitrogen and oxygen atoms in total. The van der Waals surface area contributed by atoms with Gasteiger partial charge in [0.15, 0.2) is 0 Å². The number of pyridine rings is 1. The van der Waals surface area contributed by atoms with Crippen molar-refractivity contribution in [3.63, 3.8) is 0 Å². The number of aromatic nitrogens is 1. The van der Waals surface area contributed by atoms with E-state index >= 15 is 0 Å². The Bertz CT molecular complexity index is 497. The van der Waals surface area contributed by atoms with Crippen molar-refractivity contribution in [2.45, 2.75) is 13.0 Å². The van der Waals surface area contributed by atoms with E-state index in [1.165, 1.54) is 12.1 Å². The van der Waals surface area contributed by atoms with Gasteiger partial charge in [-0.25, -0.2) is 8.78 Å². The van der Waals surface area contributed by atoms with E-state index in [1.54, 1.807) is 24.3 Å². The van der Waals surface area contributed by atoms with E-state index in [0.717, 1.165) is 6.20 Å². The maximum Gasteiger partial charge on any atom is 0.146 e. The van der Waals surface area contributed by atoms with Crippen LogP contribution in [-0.4, -0.2) is 4.98 Å². The van der Waals surface area contributed by atoms with Crippen molar-refractivity contribution in [3.05, 3.63) is 59.9 Å². The summed E-state index contributed by atoms with van der Waals surface area (Å²) in [4.78, 5) is 3.94. The minimum atomic E-state index is -0.383. The fourth-order valence-corrected chi connectivity index (χ4v) is 1.53. The molecule has 0 saturated carbocycles. The summed E-state index contributed by atoms with van der Waals surface area (Å²) >= 11 is 0. The largest absolute Gasteiger partial charge is 0.375 e. The maximum atomic E-state index is 13.4. The highest BCUT2D eigenvalue weighted by Crippen LogP contribution is 2.20. The van der Waals surface area contributed by atoms with Crippen molar-refractivity contribution in [1.82, 2.24) is 4.98 Å². The molecule has 0 amide bonds. The molecule has 0 aliphatic rings. The number of rotatable bonds is 3. The second-order valence-electron chi connectivity index (χ2n) is 3.75. The zero-order valence-electron chi connectivity index (χ0n) is 9.32. The summed E-state index contributed by atoms with van der Waals surface area (Å²) in [5.74, 6) is -0.701. The van der Waals surface area contributed by atoms with Crippen LogP contribution in [0.2, 0.25) is 0 Å².